The lowest BCUT2D eigenvalue weighted by Gasteiger charge is -2.38. The molecule has 3 fully saturated rings. The molecule has 0 radical (unpaired) electrons. The van der Waals surface area contributed by atoms with Gasteiger partial charge in [-0.2, -0.15) is 4.31 Å². The van der Waals surface area contributed by atoms with Crippen LogP contribution in [0.25, 0.3) is 0 Å². The highest BCUT2D eigenvalue weighted by molar-refractivity contribution is 7.89. The Morgan fingerprint density at radius 3 is 2.30 bits per heavy atom. The zero-order valence-corrected chi connectivity index (χ0v) is 20.3. The number of hydrogen-bond donors (Lipinski definition) is 1. The lowest BCUT2D eigenvalue weighted by molar-refractivity contribution is -0.134. The van der Waals surface area contributed by atoms with E-state index in [9.17, 15) is 18.0 Å². The molecular weight excluding hydrogens is 466 g/mol. The summed E-state index contributed by atoms with van der Waals surface area (Å²) in [7, 11) is -3.62. The minimum atomic E-state index is -3.62. The molecule has 0 bridgehead atoms. The van der Waals surface area contributed by atoms with E-state index in [0.29, 0.717) is 37.5 Å². The van der Waals surface area contributed by atoms with E-state index in [1.54, 1.807) is 33.5 Å². The summed E-state index contributed by atoms with van der Waals surface area (Å²) >= 11 is 5.93. The minimum absolute atomic E-state index is 0.0328. The summed E-state index contributed by atoms with van der Waals surface area (Å²) in [6.45, 7) is 2.24. The lowest BCUT2D eigenvalue weighted by Crippen LogP contribution is -2.49. The third kappa shape index (κ3) is 6.26. The van der Waals surface area contributed by atoms with Crippen LogP contribution in [0.3, 0.4) is 0 Å². The molecule has 2 amide bonds. The Kier molecular flexibility index (Phi) is 7.94. The van der Waals surface area contributed by atoms with E-state index in [1.165, 1.54) is 0 Å². The van der Waals surface area contributed by atoms with Crippen molar-refractivity contribution in [3.05, 3.63) is 29.3 Å². The fraction of sp³-hybridized carbons (Fsp3) is 0.652. The molecule has 1 aromatic rings. The van der Waals surface area contributed by atoms with Gasteiger partial charge in [-0.3, -0.25) is 9.59 Å². The molecule has 0 aromatic heterocycles. The Morgan fingerprint density at radius 2 is 1.70 bits per heavy atom. The number of benzene rings is 1. The van der Waals surface area contributed by atoms with Crippen molar-refractivity contribution in [3.63, 3.8) is 0 Å². The molecule has 3 aliphatic rings. The van der Waals surface area contributed by atoms with Gasteiger partial charge < -0.3 is 15.0 Å². The smallest absolute Gasteiger partial charge is 0.243 e. The summed E-state index contributed by atoms with van der Waals surface area (Å²) in [4.78, 5) is 26.7. The Balaban J connectivity index is 1.26. The first-order valence-electron chi connectivity index (χ1n) is 11.8. The number of sulfonamides is 1. The number of nitrogens with zero attached hydrogens (tertiary/aromatic N) is 2. The molecule has 8 nitrogen and oxygen atoms in total. The van der Waals surface area contributed by atoms with Crippen LogP contribution in [0.2, 0.25) is 5.02 Å². The van der Waals surface area contributed by atoms with Crippen LogP contribution in [0, 0.1) is 0 Å². The molecule has 0 spiro atoms. The summed E-state index contributed by atoms with van der Waals surface area (Å²) in [5.74, 6) is -0.193. The van der Waals surface area contributed by atoms with E-state index in [2.05, 4.69) is 5.32 Å². The zero-order valence-electron chi connectivity index (χ0n) is 18.7. The van der Waals surface area contributed by atoms with Crippen molar-refractivity contribution in [2.75, 3.05) is 26.2 Å². The Morgan fingerprint density at radius 1 is 1.03 bits per heavy atom. The molecule has 1 saturated carbocycles. The van der Waals surface area contributed by atoms with Crippen LogP contribution in [-0.2, 0) is 24.3 Å². The fourth-order valence-electron chi connectivity index (χ4n) is 4.62. The highest BCUT2D eigenvalue weighted by atomic mass is 35.5. The van der Waals surface area contributed by atoms with Crippen LogP contribution in [0.4, 0.5) is 0 Å². The fourth-order valence-corrected chi connectivity index (χ4v) is 6.67. The molecule has 1 atom stereocenters. The van der Waals surface area contributed by atoms with Gasteiger partial charge in [0.15, 0.2) is 0 Å². The van der Waals surface area contributed by atoms with Crippen molar-refractivity contribution in [2.24, 2.45) is 0 Å². The van der Waals surface area contributed by atoms with Gasteiger partial charge >= 0.3 is 0 Å². The van der Waals surface area contributed by atoms with Gasteiger partial charge in [0.1, 0.15) is 0 Å². The molecule has 4 rings (SSSR count). The number of hydrogen-bond acceptors (Lipinski definition) is 5. The van der Waals surface area contributed by atoms with E-state index in [-0.39, 0.29) is 47.7 Å². The molecule has 2 aliphatic heterocycles. The quantitative estimate of drug-likeness (QED) is 0.565. The van der Waals surface area contributed by atoms with Crippen molar-refractivity contribution in [1.29, 1.82) is 0 Å². The third-order valence-electron chi connectivity index (χ3n) is 6.59. The summed E-state index contributed by atoms with van der Waals surface area (Å²) in [5, 5.41) is 3.34. The molecule has 182 valence electrons. The van der Waals surface area contributed by atoms with Gasteiger partial charge in [0.05, 0.1) is 11.0 Å². The van der Waals surface area contributed by atoms with E-state index in [4.69, 9.17) is 16.3 Å². The highest BCUT2D eigenvalue weighted by Crippen LogP contribution is 2.37. The predicted octanol–water partition coefficient (Wildman–Crippen LogP) is 2.56. The lowest BCUT2D eigenvalue weighted by atomic mass is 10.0. The van der Waals surface area contributed by atoms with Gasteiger partial charge in [-0.05, 0) is 62.8 Å². The largest absolute Gasteiger partial charge is 0.376 e. The maximum Gasteiger partial charge on any atom is 0.243 e. The first-order chi connectivity index (χ1) is 15.8. The van der Waals surface area contributed by atoms with Gasteiger partial charge in [-0.15, -0.1) is 0 Å². The Labute approximate surface area is 200 Å². The summed E-state index contributed by atoms with van der Waals surface area (Å²) in [5.41, 5.74) is 0. The second-order valence-corrected chi connectivity index (χ2v) is 11.4. The number of rotatable bonds is 9. The number of amides is 2. The number of ether oxygens (including phenoxy) is 1. The average molecular weight is 498 g/mol. The van der Waals surface area contributed by atoms with Gasteiger partial charge in [0.2, 0.25) is 21.8 Å². The monoisotopic (exact) mass is 497 g/mol. The van der Waals surface area contributed by atoms with E-state index in [0.717, 1.165) is 32.3 Å². The topological polar surface area (TPSA) is 96.0 Å². The normalized spacial score (nSPS) is 22.0. The molecule has 2 saturated heterocycles. The number of likely N-dealkylation sites (tertiary alicyclic amines) is 1. The summed E-state index contributed by atoms with van der Waals surface area (Å²) in [6.07, 6.45) is 5.32. The van der Waals surface area contributed by atoms with Gasteiger partial charge in [-0.1, -0.05) is 11.6 Å². The number of carbonyl (C=O) groups is 2. The standard InChI is InChI=1S/C23H32ClN3O5S/c24-17-3-7-21(8-4-17)33(30,31)27(18-5-6-18)19-11-13-26(14-12-19)23(29)10-9-22(28)25-16-20-2-1-15-32-20/h3-4,7-8,18-20H,1-2,5-6,9-16H2,(H,25,28)/t20-/m0/s1. The van der Waals surface area contributed by atoms with E-state index in [1.807, 2.05) is 0 Å². The van der Waals surface area contributed by atoms with Crippen molar-refractivity contribution >= 4 is 33.4 Å². The Hall–Kier alpha value is -1.68. The molecule has 2 heterocycles. The van der Waals surface area contributed by atoms with Crippen molar-refractivity contribution in [2.45, 2.75) is 74.4 Å². The maximum atomic E-state index is 13.3. The SMILES string of the molecule is O=C(CCC(=O)N1CCC(N(C2CC2)S(=O)(=O)c2ccc(Cl)cc2)CC1)NC[C@@H]1CCCO1. The van der Waals surface area contributed by atoms with Crippen LogP contribution >= 0.6 is 11.6 Å². The summed E-state index contributed by atoms with van der Waals surface area (Å²) < 4.78 is 33.8. The van der Waals surface area contributed by atoms with Crippen LogP contribution in [0.5, 0.6) is 0 Å². The maximum absolute atomic E-state index is 13.3. The van der Waals surface area contributed by atoms with Crippen molar-refractivity contribution < 1.29 is 22.7 Å². The highest BCUT2D eigenvalue weighted by Gasteiger charge is 2.43. The molecule has 1 aliphatic carbocycles. The summed E-state index contributed by atoms with van der Waals surface area (Å²) in [6, 6.07) is 6.20. The number of piperidine rings is 1. The number of halogens is 1. The van der Waals surface area contributed by atoms with E-state index >= 15 is 0 Å². The molecule has 33 heavy (non-hydrogen) atoms. The van der Waals surface area contributed by atoms with Gasteiger partial charge in [-0.25, -0.2) is 8.42 Å². The van der Waals surface area contributed by atoms with E-state index < -0.39 is 10.0 Å². The third-order valence-corrected chi connectivity index (χ3v) is 8.86. The molecular formula is C23H32ClN3O5S. The molecule has 0 unspecified atom stereocenters. The zero-order chi connectivity index (χ0) is 23.4. The van der Waals surface area contributed by atoms with Crippen LogP contribution in [0.15, 0.2) is 29.2 Å². The predicted molar refractivity (Wildman–Crippen MR) is 124 cm³/mol. The molecule has 1 aromatic carbocycles. The first-order valence-corrected chi connectivity index (χ1v) is 13.6. The Bertz CT molecular complexity index is 937. The molecule has 10 heteroatoms. The van der Waals surface area contributed by atoms with Crippen molar-refractivity contribution in [3.8, 4) is 0 Å². The van der Waals surface area contributed by atoms with Gasteiger partial charge in [0.25, 0.3) is 0 Å². The van der Waals surface area contributed by atoms with Crippen molar-refractivity contribution in [1.82, 2.24) is 14.5 Å². The van der Waals surface area contributed by atoms with Gasteiger partial charge in [0, 0.05) is 56.2 Å². The first kappa shape index (κ1) is 24.4. The molecule has 1 N–H and O–H groups in total. The minimum Gasteiger partial charge on any atom is -0.376 e. The van der Waals surface area contributed by atoms with Crippen LogP contribution < -0.4 is 5.32 Å². The van der Waals surface area contributed by atoms with Crippen LogP contribution in [0.1, 0.15) is 51.4 Å². The second-order valence-electron chi connectivity index (χ2n) is 9.07. The van der Waals surface area contributed by atoms with Crippen LogP contribution in [-0.4, -0.2) is 73.9 Å². The number of nitrogens with one attached hydrogen (secondary N) is 1. The second kappa shape index (κ2) is 10.7. The average Bonchev–Trinajstić information content (AvgIpc) is 3.49. The number of carbonyl (C=O) groups excluding carboxylic acids is 2.